The van der Waals surface area contributed by atoms with E-state index in [2.05, 4.69) is 0 Å². The zero-order valence-corrected chi connectivity index (χ0v) is 8.91. The van der Waals surface area contributed by atoms with Crippen LogP contribution in [0.3, 0.4) is 0 Å². The Balaban J connectivity index is 2.00. The summed E-state index contributed by atoms with van der Waals surface area (Å²) in [6.45, 7) is 0.743. The minimum absolute atomic E-state index is 0.299. The Hall–Kier alpha value is -0.570. The molecule has 0 spiro atoms. The van der Waals surface area contributed by atoms with E-state index in [0.717, 1.165) is 25.3 Å². The first kappa shape index (κ1) is 9.97. The van der Waals surface area contributed by atoms with E-state index < -0.39 is 0 Å². The fourth-order valence-corrected chi connectivity index (χ4v) is 2.86. The SMILES string of the molecule is CN1C(=O)CCC1C(CN)C1CCC1. The van der Waals surface area contributed by atoms with E-state index >= 15 is 0 Å². The van der Waals surface area contributed by atoms with Gasteiger partial charge >= 0.3 is 0 Å². The van der Waals surface area contributed by atoms with Gasteiger partial charge in [-0.1, -0.05) is 19.3 Å². The minimum Gasteiger partial charge on any atom is -0.342 e. The lowest BCUT2D eigenvalue weighted by Gasteiger charge is -2.39. The average molecular weight is 196 g/mol. The summed E-state index contributed by atoms with van der Waals surface area (Å²) in [4.78, 5) is 13.3. The van der Waals surface area contributed by atoms with Crippen LogP contribution in [-0.2, 0) is 4.79 Å². The van der Waals surface area contributed by atoms with Crippen LogP contribution in [0.1, 0.15) is 32.1 Å². The van der Waals surface area contributed by atoms with E-state index in [9.17, 15) is 4.79 Å². The third-order valence-electron chi connectivity index (χ3n) is 4.07. The molecule has 2 rings (SSSR count). The van der Waals surface area contributed by atoms with Crippen molar-refractivity contribution in [2.75, 3.05) is 13.6 Å². The minimum atomic E-state index is 0.299. The predicted octanol–water partition coefficient (Wildman–Crippen LogP) is 0.982. The Morgan fingerprint density at radius 1 is 1.50 bits per heavy atom. The Morgan fingerprint density at radius 3 is 2.57 bits per heavy atom. The van der Waals surface area contributed by atoms with E-state index in [1.54, 1.807) is 0 Å². The van der Waals surface area contributed by atoms with E-state index in [-0.39, 0.29) is 0 Å². The third kappa shape index (κ3) is 1.54. The van der Waals surface area contributed by atoms with Crippen LogP contribution in [0.15, 0.2) is 0 Å². The fraction of sp³-hybridized carbons (Fsp3) is 0.909. The lowest BCUT2D eigenvalue weighted by atomic mass is 9.72. The Morgan fingerprint density at radius 2 is 2.21 bits per heavy atom. The molecule has 1 heterocycles. The highest BCUT2D eigenvalue weighted by atomic mass is 16.2. The fourth-order valence-electron chi connectivity index (χ4n) is 2.86. The van der Waals surface area contributed by atoms with Gasteiger partial charge < -0.3 is 10.6 Å². The second-order valence-corrected chi connectivity index (χ2v) is 4.70. The summed E-state index contributed by atoms with van der Waals surface area (Å²) in [5.41, 5.74) is 5.83. The number of hydrogen-bond donors (Lipinski definition) is 1. The zero-order chi connectivity index (χ0) is 10.1. The summed E-state index contributed by atoms with van der Waals surface area (Å²) in [5.74, 6) is 1.64. The summed E-state index contributed by atoms with van der Waals surface area (Å²) in [6, 6.07) is 0.429. The summed E-state index contributed by atoms with van der Waals surface area (Å²) in [7, 11) is 1.93. The normalized spacial score (nSPS) is 30.6. The lowest BCUT2D eigenvalue weighted by Crippen LogP contribution is -2.43. The number of carbonyl (C=O) groups excluding carboxylic acids is 1. The van der Waals surface area contributed by atoms with Gasteiger partial charge in [0.25, 0.3) is 0 Å². The first-order valence-electron chi connectivity index (χ1n) is 5.69. The maximum absolute atomic E-state index is 11.4. The van der Waals surface area contributed by atoms with Crippen molar-refractivity contribution in [3.05, 3.63) is 0 Å². The van der Waals surface area contributed by atoms with Crippen LogP contribution < -0.4 is 5.73 Å². The van der Waals surface area contributed by atoms with E-state index in [4.69, 9.17) is 5.73 Å². The monoisotopic (exact) mass is 196 g/mol. The molecule has 14 heavy (non-hydrogen) atoms. The molecule has 2 aliphatic rings. The molecule has 1 amide bonds. The van der Waals surface area contributed by atoms with Gasteiger partial charge in [-0.3, -0.25) is 4.79 Å². The molecular weight excluding hydrogens is 176 g/mol. The molecule has 2 atom stereocenters. The third-order valence-corrected chi connectivity index (χ3v) is 4.07. The Kier molecular flexibility index (Phi) is 2.77. The van der Waals surface area contributed by atoms with E-state index in [1.165, 1.54) is 19.3 Å². The maximum Gasteiger partial charge on any atom is 0.222 e. The molecule has 1 aliphatic carbocycles. The second kappa shape index (κ2) is 3.89. The van der Waals surface area contributed by atoms with Crippen LogP contribution in [-0.4, -0.2) is 30.4 Å². The molecule has 1 saturated heterocycles. The van der Waals surface area contributed by atoms with Crippen molar-refractivity contribution in [1.82, 2.24) is 4.90 Å². The molecule has 3 heteroatoms. The molecule has 2 fully saturated rings. The molecule has 80 valence electrons. The molecule has 1 saturated carbocycles. The summed E-state index contributed by atoms with van der Waals surface area (Å²) in [6.07, 6.45) is 5.74. The predicted molar refractivity (Wildman–Crippen MR) is 55.7 cm³/mol. The van der Waals surface area contributed by atoms with Gasteiger partial charge in [0.05, 0.1) is 0 Å². The summed E-state index contributed by atoms with van der Waals surface area (Å²) in [5, 5.41) is 0. The highest BCUT2D eigenvalue weighted by molar-refractivity contribution is 5.78. The van der Waals surface area contributed by atoms with E-state index in [0.29, 0.717) is 17.9 Å². The highest BCUT2D eigenvalue weighted by Gasteiger charge is 2.38. The van der Waals surface area contributed by atoms with Gasteiger partial charge in [0.15, 0.2) is 0 Å². The van der Waals surface area contributed by atoms with Gasteiger partial charge in [-0.15, -0.1) is 0 Å². The van der Waals surface area contributed by atoms with Gasteiger partial charge in [0, 0.05) is 19.5 Å². The Labute approximate surface area is 85.6 Å². The van der Waals surface area contributed by atoms with Crippen molar-refractivity contribution in [3.8, 4) is 0 Å². The molecule has 0 radical (unpaired) electrons. The molecule has 0 bridgehead atoms. The molecule has 3 nitrogen and oxygen atoms in total. The van der Waals surface area contributed by atoms with Gasteiger partial charge in [0.1, 0.15) is 0 Å². The van der Waals surface area contributed by atoms with Crippen molar-refractivity contribution in [3.63, 3.8) is 0 Å². The van der Waals surface area contributed by atoms with Crippen molar-refractivity contribution in [2.24, 2.45) is 17.6 Å². The second-order valence-electron chi connectivity index (χ2n) is 4.70. The van der Waals surface area contributed by atoms with E-state index in [1.807, 2.05) is 11.9 Å². The van der Waals surface area contributed by atoms with Crippen molar-refractivity contribution in [2.45, 2.75) is 38.1 Å². The highest BCUT2D eigenvalue weighted by Crippen LogP contribution is 2.38. The van der Waals surface area contributed by atoms with Crippen LogP contribution >= 0.6 is 0 Å². The molecule has 2 unspecified atom stereocenters. The van der Waals surface area contributed by atoms with Gasteiger partial charge in [-0.25, -0.2) is 0 Å². The summed E-state index contributed by atoms with van der Waals surface area (Å²) >= 11 is 0. The number of likely N-dealkylation sites (tertiary alicyclic amines) is 1. The van der Waals surface area contributed by atoms with Crippen molar-refractivity contribution in [1.29, 1.82) is 0 Å². The van der Waals surface area contributed by atoms with Crippen LogP contribution in [0.2, 0.25) is 0 Å². The van der Waals surface area contributed by atoms with Crippen LogP contribution in [0, 0.1) is 11.8 Å². The number of rotatable bonds is 3. The number of amides is 1. The van der Waals surface area contributed by atoms with Crippen LogP contribution in [0.4, 0.5) is 0 Å². The van der Waals surface area contributed by atoms with Crippen LogP contribution in [0.25, 0.3) is 0 Å². The quantitative estimate of drug-likeness (QED) is 0.731. The number of hydrogen-bond acceptors (Lipinski definition) is 2. The lowest BCUT2D eigenvalue weighted by molar-refractivity contribution is -0.128. The average Bonchev–Trinajstić information content (AvgIpc) is 2.41. The van der Waals surface area contributed by atoms with Gasteiger partial charge in [0.2, 0.25) is 5.91 Å². The Bertz CT molecular complexity index is 225. The number of carbonyl (C=O) groups is 1. The first-order valence-corrected chi connectivity index (χ1v) is 5.69. The smallest absolute Gasteiger partial charge is 0.222 e. The largest absolute Gasteiger partial charge is 0.342 e. The van der Waals surface area contributed by atoms with Crippen LogP contribution in [0.5, 0.6) is 0 Å². The molecule has 0 aromatic carbocycles. The zero-order valence-electron chi connectivity index (χ0n) is 8.91. The standard InChI is InChI=1S/C11H20N2O/c1-13-10(5-6-11(13)14)9(7-12)8-3-2-4-8/h8-10H,2-7,12H2,1H3. The first-order chi connectivity index (χ1) is 6.74. The topological polar surface area (TPSA) is 46.3 Å². The number of nitrogens with two attached hydrogens (primary N) is 1. The molecule has 1 aliphatic heterocycles. The van der Waals surface area contributed by atoms with Crippen molar-refractivity contribution >= 4 is 5.91 Å². The number of nitrogens with zero attached hydrogens (tertiary/aromatic N) is 1. The molecular formula is C11H20N2O. The molecule has 0 aromatic rings. The van der Waals surface area contributed by atoms with Gasteiger partial charge in [-0.2, -0.15) is 0 Å². The van der Waals surface area contributed by atoms with Crippen molar-refractivity contribution < 1.29 is 4.79 Å². The summed E-state index contributed by atoms with van der Waals surface area (Å²) < 4.78 is 0. The molecule has 0 aromatic heterocycles. The molecule has 2 N–H and O–H groups in total. The van der Waals surface area contributed by atoms with Gasteiger partial charge in [-0.05, 0) is 24.8 Å². The maximum atomic E-state index is 11.4.